The van der Waals surface area contributed by atoms with E-state index < -0.39 is 11.9 Å². The summed E-state index contributed by atoms with van der Waals surface area (Å²) in [5.41, 5.74) is -0.00974. The predicted octanol–water partition coefficient (Wildman–Crippen LogP) is 3.72. The van der Waals surface area contributed by atoms with Crippen LogP contribution in [-0.4, -0.2) is 42.0 Å². The number of likely N-dealkylation sites (tertiary alicyclic amines) is 1. The topological polar surface area (TPSA) is 75.4 Å². The Morgan fingerprint density at radius 1 is 1.39 bits per heavy atom. The number of nitrogens with one attached hydrogen (secondary N) is 1. The third-order valence-electron chi connectivity index (χ3n) is 4.79. The van der Waals surface area contributed by atoms with Crippen molar-refractivity contribution in [3.8, 4) is 10.6 Å². The maximum absolute atomic E-state index is 12.9. The molecule has 0 aromatic carbocycles. The number of amides is 2. The molecule has 3 heterocycles. The first-order valence-electron chi connectivity index (χ1n) is 8.84. The van der Waals surface area contributed by atoms with Crippen molar-refractivity contribution in [1.82, 2.24) is 15.4 Å². The van der Waals surface area contributed by atoms with Gasteiger partial charge in [-0.25, -0.2) is 0 Å². The van der Waals surface area contributed by atoms with E-state index in [9.17, 15) is 22.8 Å². The molecule has 1 fully saturated rings. The maximum Gasteiger partial charge on any atom is 0.452 e. The zero-order valence-electron chi connectivity index (χ0n) is 15.4. The second kappa shape index (κ2) is 7.94. The highest BCUT2D eigenvalue weighted by Gasteiger charge is 2.39. The Kier molecular flexibility index (Phi) is 5.78. The molecule has 1 aliphatic rings. The molecule has 10 heteroatoms. The quantitative estimate of drug-likeness (QED) is 0.826. The average molecular weight is 415 g/mol. The van der Waals surface area contributed by atoms with Crippen LogP contribution in [0.2, 0.25) is 0 Å². The van der Waals surface area contributed by atoms with Crippen LogP contribution in [0.15, 0.2) is 16.7 Å². The third-order valence-corrected chi connectivity index (χ3v) is 5.87. The molecule has 2 amide bonds. The minimum absolute atomic E-state index is 0.0558. The molecule has 1 N–H and O–H groups in total. The van der Waals surface area contributed by atoms with Crippen molar-refractivity contribution >= 4 is 23.2 Å². The molecule has 1 aliphatic heterocycles. The number of carbonyl (C=O) groups excluding carboxylic acids is 2. The van der Waals surface area contributed by atoms with Crippen molar-refractivity contribution in [1.29, 1.82) is 0 Å². The summed E-state index contributed by atoms with van der Waals surface area (Å²) in [6, 6.07) is 3.17. The van der Waals surface area contributed by atoms with Gasteiger partial charge in [0.05, 0.1) is 9.75 Å². The first kappa shape index (κ1) is 20.4. The van der Waals surface area contributed by atoms with Crippen LogP contribution in [0.3, 0.4) is 0 Å². The average Bonchev–Trinajstić information content (AvgIpc) is 3.27. The van der Waals surface area contributed by atoms with E-state index in [0.29, 0.717) is 29.3 Å². The van der Waals surface area contributed by atoms with Gasteiger partial charge in [0.15, 0.2) is 0 Å². The Balaban J connectivity index is 1.74. The van der Waals surface area contributed by atoms with Gasteiger partial charge in [-0.3, -0.25) is 9.59 Å². The van der Waals surface area contributed by atoms with Gasteiger partial charge in [-0.1, -0.05) is 5.16 Å². The molecule has 2 aromatic heterocycles. The molecular weight excluding hydrogens is 395 g/mol. The highest BCUT2D eigenvalue weighted by atomic mass is 32.1. The van der Waals surface area contributed by atoms with E-state index in [0.717, 1.165) is 24.2 Å². The number of nitrogens with zero attached hydrogens (tertiary/aromatic N) is 2. The molecule has 2 aromatic rings. The van der Waals surface area contributed by atoms with Crippen molar-refractivity contribution in [2.45, 2.75) is 32.4 Å². The van der Waals surface area contributed by atoms with Crippen molar-refractivity contribution < 1.29 is 27.3 Å². The maximum atomic E-state index is 12.9. The normalized spacial score (nSPS) is 17.6. The van der Waals surface area contributed by atoms with Gasteiger partial charge in [0, 0.05) is 32.1 Å². The molecule has 0 spiro atoms. The molecule has 0 unspecified atom stereocenters. The first-order chi connectivity index (χ1) is 13.2. The molecule has 1 atom stereocenters. The number of rotatable bonds is 4. The molecule has 1 saturated heterocycles. The summed E-state index contributed by atoms with van der Waals surface area (Å²) in [5, 5.41) is 6.13. The van der Waals surface area contributed by atoms with Crippen molar-refractivity contribution in [2.75, 3.05) is 20.1 Å². The summed E-state index contributed by atoms with van der Waals surface area (Å²) in [6.45, 7) is 2.38. The van der Waals surface area contributed by atoms with Crippen LogP contribution in [0.1, 0.15) is 40.3 Å². The van der Waals surface area contributed by atoms with Crippen LogP contribution in [0.4, 0.5) is 13.2 Å². The van der Waals surface area contributed by atoms with Crippen LogP contribution < -0.4 is 5.32 Å². The van der Waals surface area contributed by atoms with Crippen molar-refractivity contribution in [3.05, 3.63) is 28.3 Å². The fraction of sp³-hybridized carbons (Fsp3) is 0.500. The molecule has 0 aliphatic carbocycles. The second-order valence-corrected chi connectivity index (χ2v) is 7.87. The Morgan fingerprint density at radius 3 is 2.79 bits per heavy atom. The van der Waals surface area contributed by atoms with E-state index in [1.54, 1.807) is 24.1 Å². The van der Waals surface area contributed by atoms with Gasteiger partial charge >= 0.3 is 6.18 Å². The fourth-order valence-corrected chi connectivity index (χ4v) is 4.36. The number of carbonyl (C=O) groups is 2. The van der Waals surface area contributed by atoms with Crippen LogP contribution in [0.25, 0.3) is 10.6 Å². The predicted molar refractivity (Wildman–Crippen MR) is 96.9 cm³/mol. The highest BCUT2D eigenvalue weighted by Crippen LogP contribution is 2.38. The smallest absolute Gasteiger partial charge is 0.359 e. The van der Waals surface area contributed by atoms with Crippen LogP contribution in [0, 0.1) is 12.8 Å². The molecule has 152 valence electrons. The summed E-state index contributed by atoms with van der Waals surface area (Å²) in [5.74, 6) is -1.27. The summed E-state index contributed by atoms with van der Waals surface area (Å²) in [6.07, 6.45) is -2.55. The summed E-state index contributed by atoms with van der Waals surface area (Å²) in [4.78, 5) is 27.0. The van der Waals surface area contributed by atoms with Gasteiger partial charge in [-0.05, 0) is 37.8 Å². The minimum Gasteiger partial charge on any atom is -0.359 e. The number of halogens is 3. The third kappa shape index (κ3) is 4.21. The largest absolute Gasteiger partial charge is 0.452 e. The SMILES string of the molecule is CNC(=O)C[C@H]1CCCN(C(=O)c2ccc(-c3noc(C(F)(F)F)c3C)s2)C1. The molecule has 28 heavy (non-hydrogen) atoms. The molecule has 3 rings (SSSR count). The number of thiophene rings is 1. The zero-order valence-corrected chi connectivity index (χ0v) is 16.2. The van der Waals surface area contributed by atoms with Gasteiger partial charge in [-0.15, -0.1) is 11.3 Å². The lowest BCUT2D eigenvalue weighted by Gasteiger charge is -2.32. The lowest BCUT2D eigenvalue weighted by atomic mass is 9.94. The van der Waals surface area contributed by atoms with E-state index in [4.69, 9.17) is 0 Å². The monoisotopic (exact) mass is 415 g/mol. The van der Waals surface area contributed by atoms with E-state index in [1.165, 1.54) is 6.92 Å². The second-order valence-electron chi connectivity index (χ2n) is 6.78. The molecule has 0 radical (unpaired) electrons. The first-order valence-corrected chi connectivity index (χ1v) is 9.66. The van der Waals surface area contributed by atoms with Crippen LogP contribution in [0.5, 0.6) is 0 Å². The van der Waals surface area contributed by atoms with Gasteiger partial charge in [0.2, 0.25) is 11.7 Å². The van der Waals surface area contributed by atoms with Crippen molar-refractivity contribution in [2.24, 2.45) is 5.92 Å². The summed E-state index contributed by atoms with van der Waals surface area (Å²) in [7, 11) is 1.58. The van der Waals surface area contributed by atoms with E-state index >= 15 is 0 Å². The zero-order chi connectivity index (χ0) is 20.5. The van der Waals surface area contributed by atoms with Crippen LogP contribution in [-0.2, 0) is 11.0 Å². The lowest BCUT2D eigenvalue weighted by molar-refractivity contribution is -0.156. The van der Waals surface area contributed by atoms with E-state index in [2.05, 4.69) is 15.0 Å². The molecule has 0 saturated carbocycles. The number of alkyl halides is 3. The lowest BCUT2D eigenvalue weighted by Crippen LogP contribution is -2.41. The number of hydrogen-bond donors (Lipinski definition) is 1. The molecule has 0 bridgehead atoms. The van der Waals surface area contributed by atoms with Crippen molar-refractivity contribution in [3.63, 3.8) is 0 Å². The number of hydrogen-bond acceptors (Lipinski definition) is 5. The summed E-state index contributed by atoms with van der Waals surface area (Å²) >= 11 is 1.09. The number of piperidine rings is 1. The Bertz CT molecular complexity index is 875. The van der Waals surface area contributed by atoms with Gasteiger partial charge in [-0.2, -0.15) is 13.2 Å². The highest BCUT2D eigenvalue weighted by molar-refractivity contribution is 7.17. The van der Waals surface area contributed by atoms with E-state index in [1.807, 2.05) is 0 Å². The van der Waals surface area contributed by atoms with Crippen LogP contribution >= 0.6 is 11.3 Å². The summed E-state index contributed by atoms with van der Waals surface area (Å²) < 4.78 is 43.1. The van der Waals surface area contributed by atoms with Gasteiger partial charge < -0.3 is 14.7 Å². The minimum atomic E-state index is -4.61. The Hall–Kier alpha value is -2.36. The Labute approximate surface area is 163 Å². The fourth-order valence-electron chi connectivity index (χ4n) is 3.35. The van der Waals surface area contributed by atoms with Gasteiger partial charge in [0.25, 0.3) is 5.91 Å². The van der Waals surface area contributed by atoms with Gasteiger partial charge in [0.1, 0.15) is 5.69 Å². The number of aromatic nitrogens is 1. The Morgan fingerprint density at radius 2 is 2.14 bits per heavy atom. The standard InChI is InChI=1S/C18H20F3N3O3S/c1-10-15(23-27-16(10)18(19,20)21)12-5-6-13(28-12)17(26)24-7-3-4-11(9-24)8-14(25)22-2/h5-6,11H,3-4,7-9H2,1-2H3,(H,22,25)/t11-/m1/s1. The molecular formula is C18H20F3N3O3S. The van der Waals surface area contributed by atoms with E-state index in [-0.39, 0.29) is 29.0 Å². The molecule has 6 nitrogen and oxygen atoms in total.